The van der Waals surface area contributed by atoms with E-state index in [2.05, 4.69) is 0 Å². The summed E-state index contributed by atoms with van der Waals surface area (Å²) in [7, 11) is 0. The largest absolute Gasteiger partial charge is 0.406 e. The third-order valence-corrected chi connectivity index (χ3v) is 2.85. The molecule has 2 heterocycles. The number of likely N-dealkylation sites (tertiary alicyclic amines) is 1. The molecule has 0 bridgehead atoms. The number of hydrogen-bond acceptors (Lipinski definition) is 2. The lowest BCUT2D eigenvalue weighted by Gasteiger charge is -2.17. The van der Waals surface area contributed by atoms with Crippen LogP contribution in [0.2, 0.25) is 0 Å². The molecular weight excluding hydrogens is 249 g/mol. The van der Waals surface area contributed by atoms with Crippen LogP contribution in [0.4, 0.5) is 13.2 Å². The summed E-state index contributed by atoms with van der Waals surface area (Å²) in [5.74, 6) is -0.471. The first-order chi connectivity index (χ1) is 8.37. The molecule has 0 aliphatic carbocycles. The summed E-state index contributed by atoms with van der Waals surface area (Å²) in [5, 5.41) is 9.32. The zero-order chi connectivity index (χ0) is 13.3. The van der Waals surface area contributed by atoms with E-state index in [0.29, 0.717) is 13.0 Å². The van der Waals surface area contributed by atoms with E-state index in [9.17, 15) is 23.1 Å². The Hall–Kier alpha value is -1.50. The van der Waals surface area contributed by atoms with Gasteiger partial charge in [-0.2, -0.15) is 13.2 Å². The molecule has 1 N–H and O–H groups in total. The normalized spacial score (nSPS) is 20.4. The average Bonchev–Trinajstić information content (AvgIpc) is 2.84. The Balaban J connectivity index is 2.14. The standard InChI is InChI=1S/C11H13F3N2O2/c12-11(13,14)7-16-4-1-2-9(16)10(18)15-5-3-8(17)6-15/h1-2,4,8,17H,3,5-7H2/t8-/m1/s1. The van der Waals surface area contributed by atoms with Crippen LogP contribution in [0.25, 0.3) is 0 Å². The van der Waals surface area contributed by atoms with E-state index >= 15 is 0 Å². The minimum atomic E-state index is -4.36. The lowest BCUT2D eigenvalue weighted by molar-refractivity contribution is -0.140. The molecule has 1 atom stereocenters. The van der Waals surface area contributed by atoms with Gasteiger partial charge in [0.1, 0.15) is 12.2 Å². The summed E-state index contributed by atoms with van der Waals surface area (Å²) >= 11 is 0. The SMILES string of the molecule is O=C(c1cccn1CC(F)(F)F)N1CC[C@@H](O)C1. The van der Waals surface area contributed by atoms with Crippen LogP contribution >= 0.6 is 0 Å². The number of amides is 1. The van der Waals surface area contributed by atoms with Crippen molar-refractivity contribution in [3.8, 4) is 0 Å². The molecule has 1 aromatic heterocycles. The van der Waals surface area contributed by atoms with Gasteiger partial charge in [0, 0.05) is 19.3 Å². The van der Waals surface area contributed by atoms with Gasteiger partial charge in [0.05, 0.1) is 6.10 Å². The Labute approximate surface area is 102 Å². The Morgan fingerprint density at radius 2 is 2.22 bits per heavy atom. The maximum atomic E-state index is 12.3. The van der Waals surface area contributed by atoms with Crippen molar-refractivity contribution in [3.05, 3.63) is 24.0 Å². The van der Waals surface area contributed by atoms with E-state index in [4.69, 9.17) is 0 Å². The molecule has 1 saturated heterocycles. The zero-order valence-corrected chi connectivity index (χ0v) is 9.52. The highest BCUT2D eigenvalue weighted by atomic mass is 19.4. The van der Waals surface area contributed by atoms with Crippen molar-refractivity contribution in [1.82, 2.24) is 9.47 Å². The zero-order valence-electron chi connectivity index (χ0n) is 9.52. The summed E-state index contributed by atoms with van der Waals surface area (Å²) < 4.78 is 37.8. The van der Waals surface area contributed by atoms with Crippen molar-refractivity contribution in [2.24, 2.45) is 0 Å². The summed E-state index contributed by atoms with van der Waals surface area (Å²) in [4.78, 5) is 13.4. The first-order valence-electron chi connectivity index (χ1n) is 5.56. The van der Waals surface area contributed by atoms with Crippen molar-refractivity contribution in [2.75, 3.05) is 13.1 Å². The Kier molecular flexibility index (Phi) is 3.34. The van der Waals surface area contributed by atoms with Crippen LogP contribution in [-0.2, 0) is 6.54 Å². The number of carbonyl (C=O) groups excluding carboxylic acids is 1. The predicted molar refractivity (Wildman–Crippen MR) is 57.0 cm³/mol. The highest BCUT2D eigenvalue weighted by molar-refractivity contribution is 5.93. The average molecular weight is 262 g/mol. The summed E-state index contributed by atoms with van der Waals surface area (Å²) in [5.41, 5.74) is 0.00132. The van der Waals surface area contributed by atoms with Crippen LogP contribution in [0.3, 0.4) is 0 Å². The number of aliphatic hydroxyl groups is 1. The first kappa shape index (κ1) is 12.9. The van der Waals surface area contributed by atoms with Gasteiger partial charge in [-0.1, -0.05) is 0 Å². The van der Waals surface area contributed by atoms with E-state index in [1.807, 2.05) is 0 Å². The van der Waals surface area contributed by atoms with Crippen molar-refractivity contribution >= 4 is 5.91 Å². The van der Waals surface area contributed by atoms with Gasteiger partial charge >= 0.3 is 6.18 Å². The van der Waals surface area contributed by atoms with Crippen LogP contribution < -0.4 is 0 Å². The smallest absolute Gasteiger partial charge is 0.391 e. The number of aliphatic hydroxyl groups excluding tert-OH is 1. The molecule has 1 amide bonds. The van der Waals surface area contributed by atoms with Gasteiger partial charge in [0.2, 0.25) is 0 Å². The van der Waals surface area contributed by atoms with Crippen molar-refractivity contribution in [1.29, 1.82) is 0 Å². The van der Waals surface area contributed by atoms with Gasteiger partial charge in [0.15, 0.2) is 0 Å². The second-order valence-corrected chi connectivity index (χ2v) is 4.33. The molecule has 4 nitrogen and oxygen atoms in total. The number of carbonyl (C=O) groups is 1. The molecule has 18 heavy (non-hydrogen) atoms. The monoisotopic (exact) mass is 262 g/mol. The topological polar surface area (TPSA) is 45.5 Å². The Morgan fingerprint density at radius 1 is 1.50 bits per heavy atom. The maximum Gasteiger partial charge on any atom is 0.406 e. The van der Waals surface area contributed by atoms with Crippen LogP contribution in [0, 0.1) is 0 Å². The summed E-state index contributed by atoms with van der Waals surface area (Å²) in [6, 6.07) is 2.77. The lowest BCUT2D eigenvalue weighted by atomic mass is 10.3. The Morgan fingerprint density at radius 3 is 2.78 bits per heavy atom. The lowest BCUT2D eigenvalue weighted by Crippen LogP contribution is -2.32. The highest BCUT2D eigenvalue weighted by Crippen LogP contribution is 2.20. The van der Waals surface area contributed by atoms with E-state index in [1.165, 1.54) is 23.2 Å². The number of hydrogen-bond donors (Lipinski definition) is 1. The van der Waals surface area contributed by atoms with E-state index < -0.39 is 24.7 Å². The second kappa shape index (κ2) is 4.64. The molecule has 0 aromatic carbocycles. The minimum absolute atomic E-state index is 0.00132. The number of rotatable bonds is 2. The van der Waals surface area contributed by atoms with Crippen molar-refractivity contribution < 1.29 is 23.1 Å². The van der Waals surface area contributed by atoms with Gasteiger partial charge in [0.25, 0.3) is 5.91 Å². The van der Waals surface area contributed by atoms with Gasteiger partial charge < -0.3 is 14.6 Å². The van der Waals surface area contributed by atoms with Crippen LogP contribution in [0.1, 0.15) is 16.9 Å². The second-order valence-electron chi connectivity index (χ2n) is 4.33. The van der Waals surface area contributed by atoms with Gasteiger partial charge in [-0.15, -0.1) is 0 Å². The molecule has 1 aromatic rings. The van der Waals surface area contributed by atoms with Crippen LogP contribution in [0.15, 0.2) is 18.3 Å². The Bertz CT molecular complexity index is 442. The molecule has 7 heteroatoms. The molecule has 0 unspecified atom stereocenters. The fourth-order valence-corrected chi connectivity index (χ4v) is 2.03. The third-order valence-electron chi connectivity index (χ3n) is 2.85. The molecular formula is C11H13F3N2O2. The predicted octanol–water partition coefficient (Wildman–Crippen LogP) is 1.26. The number of alkyl halides is 3. The number of aromatic nitrogens is 1. The van der Waals surface area contributed by atoms with Crippen LogP contribution in [0.5, 0.6) is 0 Å². The first-order valence-corrected chi connectivity index (χ1v) is 5.56. The molecule has 1 aliphatic rings. The maximum absolute atomic E-state index is 12.3. The number of nitrogens with zero attached hydrogens (tertiary/aromatic N) is 2. The van der Waals surface area contributed by atoms with E-state index in [-0.39, 0.29) is 12.2 Å². The fraction of sp³-hybridized carbons (Fsp3) is 0.545. The number of halogens is 3. The summed E-state index contributed by atoms with van der Waals surface area (Å²) in [6.45, 7) is -0.634. The van der Waals surface area contributed by atoms with Crippen LogP contribution in [-0.4, -0.2) is 45.9 Å². The quantitative estimate of drug-likeness (QED) is 0.872. The molecule has 1 fully saturated rings. The van der Waals surface area contributed by atoms with Crippen molar-refractivity contribution in [2.45, 2.75) is 25.2 Å². The fourth-order valence-electron chi connectivity index (χ4n) is 2.03. The van der Waals surface area contributed by atoms with Gasteiger partial charge in [-0.3, -0.25) is 4.79 Å². The molecule has 2 rings (SSSR count). The molecule has 1 aliphatic heterocycles. The van der Waals surface area contributed by atoms with E-state index in [0.717, 1.165) is 4.57 Å². The highest BCUT2D eigenvalue weighted by Gasteiger charge is 2.31. The van der Waals surface area contributed by atoms with Gasteiger partial charge in [-0.05, 0) is 18.6 Å². The summed E-state index contributed by atoms with van der Waals surface area (Å²) in [6.07, 6.45) is -3.25. The number of β-amino-alcohol motifs (C(OH)–C–C–N with tert-alkyl or cyclic N) is 1. The van der Waals surface area contributed by atoms with Crippen molar-refractivity contribution in [3.63, 3.8) is 0 Å². The third kappa shape index (κ3) is 2.84. The minimum Gasteiger partial charge on any atom is -0.391 e. The molecule has 0 saturated carbocycles. The molecule has 0 spiro atoms. The molecule has 100 valence electrons. The van der Waals surface area contributed by atoms with E-state index in [1.54, 1.807) is 0 Å². The molecule has 0 radical (unpaired) electrons. The van der Waals surface area contributed by atoms with Gasteiger partial charge in [-0.25, -0.2) is 0 Å².